The van der Waals surface area contributed by atoms with E-state index in [1.807, 2.05) is 30.3 Å². The third kappa shape index (κ3) is 2.67. The number of likely N-dealkylation sites (tertiary alicyclic amines) is 1. The summed E-state index contributed by atoms with van der Waals surface area (Å²) in [4.78, 5) is 2.20. The number of hydrogen-bond acceptors (Lipinski definition) is 5. The van der Waals surface area contributed by atoms with Gasteiger partial charge in [-0.1, -0.05) is 18.2 Å². The van der Waals surface area contributed by atoms with Gasteiger partial charge in [-0.15, -0.1) is 10.2 Å². The first-order valence-corrected chi connectivity index (χ1v) is 6.59. The molecule has 0 aliphatic carbocycles. The maximum atomic E-state index is 9.29. The largest absolute Gasteiger partial charge is 0.419 e. The molecule has 1 aromatic carbocycles. The van der Waals surface area contributed by atoms with Gasteiger partial charge in [-0.3, -0.25) is 4.90 Å². The Morgan fingerprint density at radius 2 is 2.11 bits per heavy atom. The summed E-state index contributed by atoms with van der Waals surface area (Å²) in [6.07, 6.45) is 2.15. The quantitative estimate of drug-likeness (QED) is 0.905. The number of nitrogens with zero attached hydrogens (tertiary/aromatic N) is 3. The van der Waals surface area contributed by atoms with Crippen LogP contribution >= 0.6 is 0 Å². The number of aliphatic hydroxyl groups is 1. The molecule has 1 saturated heterocycles. The summed E-state index contributed by atoms with van der Waals surface area (Å²) in [5, 5.41) is 17.4. The van der Waals surface area contributed by atoms with Crippen molar-refractivity contribution in [2.24, 2.45) is 0 Å². The zero-order chi connectivity index (χ0) is 13.1. The van der Waals surface area contributed by atoms with Gasteiger partial charge in [-0.25, -0.2) is 0 Å². The van der Waals surface area contributed by atoms with Gasteiger partial charge < -0.3 is 9.52 Å². The van der Waals surface area contributed by atoms with Crippen molar-refractivity contribution >= 4 is 0 Å². The lowest BCUT2D eigenvalue weighted by Crippen LogP contribution is -2.31. The summed E-state index contributed by atoms with van der Waals surface area (Å²) in [7, 11) is 0. The molecule has 1 aliphatic rings. The molecule has 2 heterocycles. The molecule has 1 N–H and O–H groups in total. The van der Waals surface area contributed by atoms with Crippen LogP contribution in [0, 0.1) is 0 Å². The molecule has 1 atom stereocenters. The van der Waals surface area contributed by atoms with Crippen LogP contribution in [0.25, 0.3) is 11.5 Å². The predicted octanol–water partition coefficient (Wildman–Crippen LogP) is 1.69. The second-order valence-electron chi connectivity index (χ2n) is 4.82. The first kappa shape index (κ1) is 12.3. The molecular weight excluding hydrogens is 242 g/mol. The van der Waals surface area contributed by atoms with Crippen LogP contribution in [0.3, 0.4) is 0 Å². The number of aliphatic hydroxyl groups excluding tert-OH is 1. The van der Waals surface area contributed by atoms with Crippen LogP contribution in [0.2, 0.25) is 0 Å². The van der Waals surface area contributed by atoms with E-state index in [4.69, 9.17) is 4.42 Å². The van der Waals surface area contributed by atoms with Crippen LogP contribution < -0.4 is 0 Å². The molecule has 0 amide bonds. The number of benzene rings is 1. The van der Waals surface area contributed by atoms with Crippen molar-refractivity contribution in [1.29, 1.82) is 0 Å². The second-order valence-corrected chi connectivity index (χ2v) is 4.82. The molecule has 19 heavy (non-hydrogen) atoms. The molecule has 0 spiro atoms. The zero-order valence-electron chi connectivity index (χ0n) is 10.7. The number of rotatable bonds is 4. The minimum Gasteiger partial charge on any atom is -0.419 e. The van der Waals surface area contributed by atoms with Crippen LogP contribution in [-0.2, 0) is 6.54 Å². The minimum absolute atomic E-state index is 0.194. The average molecular weight is 259 g/mol. The molecule has 1 aliphatic heterocycles. The van der Waals surface area contributed by atoms with E-state index in [1.54, 1.807) is 0 Å². The van der Waals surface area contributed by atoms with Gasteiger partial charge >= 0.3 is 0 Å². The van der Waals surface area contributed by atoms with Gasteiger partial charge in [0.1, 0.15) is 0 Å². The Hall–Kier alpha value is -1.72. The fourth-order valence-corrected chi connectivity index (χ4v) is 2.50. The highest BCUT2D eigenvalue weighted by molar-refractivity contribution is 5.51. The lowest BCUT2D eigenvalue weighted by molar-refractivity contribution is 0.144. The van der Waals surface area contributed by atoms with Crippen molar-refractivity contribution < 1.29 is 9.52 Å². The standard InChI is InChI=1S/C14H17N3O2/c18-10-12-7-4-8-17(12)9-13-15-16-14(19-13)11-5-2-1-3-6-11/h1-3,5-6,12,18H,4,7-10H2/t12-/m0/s1. The molecule has 2 aromatic rings. The van der Waals surface area contributed by atoms with Gasteiger partial charge in [0.25, 0.3) is 0 Å². The average Bonchev–Trinajstić information content (AvgIpc) is 3.09. The second kappa shape index (κ2) is 5.50. The molecule has 5 nitrogen and oxygen atoms in total. The van der Waals surface area contributed by atoms with E-state index in [9.17, 15) is 5.11 Å². The Morgan fingerprint density at radius 3 is 2.89 bits per heavy atom. The summed E-state index contributed by atoms with van der Waals surface area (Å²) in [6.45, 7) is 1.79. The fraction of sp³-hybridized carbons (Fsp3) is 0.429. The Labute approximate surface area is 111 Å². The van der Waals surface area contributed by atoms with E-state index in [-0.39, 0.29) is 12.6 Å². The third-order valence-corrected chi connectivity index (χ3v) is 3.54. The Kier molecular flexibility index (Phi) is 3.57. The van der Waals surface area contributed by atoms with Crippen LogP contribution in [0.5, 0.6) is 0 Å². The summed E-state index contributed by atoms with van der Waals surface area (Å²) < 4.78 is 5.68. The van der Waals surface area contributed by atoms with E-state index in [0.717, 1.165) is 24.9 Å². The maximum absolute atomic E-state index is 9.29. The number of aromatic nitrogens is 2. The van der Waals surface area contributed by atoms with Crippen LogP contribution in [-0.4, -0.2) is 39.4 Å². The molecule has 0 unspecified atom stereocenters. The summed E-state index contributed by atoms with van der Waals surface area (Å²) in [5.74, 6) is 1.16. The van der Waals surface area contributed by atoms with E-state index in [0.29, 0.717) is 18.3 Å². The molecule has 3 rings (SSSR count). The van der Waals surface area contributed by atoms with Gasteiger partial charge in [0.2, 0.25) is 11.8 Å². The molecule has 100 valence electrons. The van der Waals surface area contributed by atoms with Gasteiger partial charge in [-0.05, 0) is 31.5 Å². The highest BCUT2D eigenvalue weighted by atomic mass is 16.4. The Bertz CT molecular complexity index is 526. The van der Waals surface area contributed by atoms with Gasteiger partial charge in [0, 0.05) is 11.6 Å². The van der Waals surface area contributed by atoms with Crippen molar-refractivity contribution in [3.05, 3.63) is 36.2 Å². The van der Waals surface area contributed by atoms with Crippen molar-refractivity contribution in [2.75, 3.05) is 13.2 Å². The van der Waals surface area contributed by atoms with Crippen LogP contribution in [0.1, 0.15) is 18.7 Å². The fourth-order valence-electron chi connectivity index (χ4n) is 2.50. The molecule has 0 saturated carbocycles. The first-order valence-electron chi connectivity index (χ1n) is 6.59. The SMILES string of the molecule is OC[C@@H]1CCCN1Cc1nnc(-c2ccccc2)o1. The zero-order valence-corrected chi connectivity index (χ0v) is 10.7. The summed E-state index contributed by atoms with van der Waals surface area (Å²) >= 11 is 0. The molecule has 1 fully saturated rings. The summed E-state index contributed by atoms with van der Waals surface area (Å²) in [5.41, 5.74) is 0.932. The van der Waals surface area contributed by atoms with Crippen LogP contribution in [0.15, 0.2) is 34.7 Å². The first-order chi connectivity index (χ1) is 9.36. The predicted molar refractivity (Wildman–Crippen MR) is 70.3 cm³/mol. The molecule has 5 heteroatoms. The minimum atomic E-state index is 0.194. The van der Waals surface area contributed by atoms with Crippen molar-refractivity contribution in [3.63, 3.8) is 0 Å². The number of hydrogen-bond donors (Lipinski definition) is 1. The Balaban J connectivity index is 1.72. The van der Waals surface area contributed by atoms with Gasteiger partial charge in [0.05, 0.1) is 13.2 Å². The molecule has 0 radical (unpaired) electrons. The highest BCUT2D eigenvalue weighted by Gasteiger charge is 2.25. The lowest BCUT2D eigenvalue weighted by atomic mass is 10.2. The third-order valence-electron chi connectivity index (χ3n) is 3.54. The highest BCUT2D eigenvalue weighted by Crippen LogP contribution is 2.21. The molecular formula is C14H17N3O2. The Morgan fingerprint density at radius 1 is 1.26 bits per heavy atom. The topological polar surface area (TPSA) is 62.4 Å². The van der Waals surface area contributed by atoms with E-state index >= 15 is 0 Å². The van der Waals surface area contributed by atoms with Gasteiger partial charge in [-0.2, -0.15) is 0 Å². The maximum Gasteiger partial charge on any atom is 0.247 e. The molecule has 0 bridgehead atoms. The van der Waals surface area contributed by atoms with Crippen molar-refractivity contribution in [2.45, 2.75) is 25.4 Å². The lowest BCUT2D eigenvalue weighted by Gasteiger charge is -2.20. The summed E-state index contributed by atoms with van der Waals surface area (Å²) in [6, 6.07) is 9.97. The normalized spacial score (nSPS) is 19.9. The van der Waals surface area contributed by atoms with Gasteiger partial charge in [0.15, 0.2) is 0 Å². The van der Waals surface area contributed by atoms with Crippen molar-refractivity contribution in [3.8, 4) is 11.5 Å². The smallest absolute Gasteiger partial charge is 0.247 e. The van der Waals surface area contributed by atoms with E-state index < -0.39 is 0 Å². The van der Waals surface area contributed by atoms with E-state index in [2.05, 4.69) is 15.1 Å². The monoisotopic (exact) mass is 259 g/mol. The molecule has 1 aromatic heterocycles. The van der Waals surface area contributed by atoms with Crippen molar-refractivity contribution in [1.82, 2.24) is 15.1 Å². The van der Waals surface area contributed by atoms with E-state index in [1.165, 1.54) is 0 Å². The van der Waals surface area contributed by atoms with Crippen LogP contribution in [0.4, 0.5) is 0 Å².